The first-order valence-corrected chi connectivity index (χ1v) is 6.34. The number of halogens is 1. The highest BCUT2D eigenvalue weighted by molar-refractivity contribution is 5.94. The lowest BCUT2D eigenvalue weighted by molar-refractivity contribution is -0.0598. The molecule has 4 nitrogen and oxygen atoms in total. The van der Waals surface area contributed by atoms with Gasteiger partial charge in [0, 0.05) is 12.1 Å². The molecule has 0 spiro atoms. The van der Waals surface area contributed by atoms with E-state index in [0.717, 1.165) is 0 Å². The van der Waals surface area contributed by atoms with E-state index < -0.39 is 11.4 Å². The Bertz CT molecular complexity index is 492. The number of β-amino-alcohol motifs (C(OH)–C–C–N with tert-alkyl or cyclic N) is 1. The number of rotatable bonds is 2. The Morgan fingerprint density at radius 3 is 2.89 bits per heavy atom. The molecule has 2 N–H and O–H groups in total. The van der Waals surface area contributed by atoms with Crippen molar-refractivity contribution in [2.24, 2.45) is 0 Å². The van der Waals surface area contributed by atoms with Gasteiger partial charge < -0.3 is 15.1 Å². The molecule has 104 valence electrons. The van der Waals surface area contributed by atoms with Crippen LogP contribution in [-0.4, -0.2) is 46.3 Å². The number of carbonyl (C=O) groups is 1. The topological polar surface area (TPSA) is 60.8 Å². The molecule has 19 heavy (non-hydrogen) atoms. The summed E-state index contributed by atoms with van der Waals surface area (Å²) in [4.78, 5) is 13.7. The average Bonchev–Trinajstić information content (AvgIpc) is 2.41. The summed E-state index contributed by atoms with van der Waals surface area (Å²) in [6, 6.07) is 4.35. The molecule has 0 aromatic heterocycles. The lowest BCUT2D eigenvalue weighted by Gasteiger charge is -2.38. The fraction of sp³-hybridized carbons (Fsp3) is 0.500. The second kappa shape index (κ2) is 5.27. The zero-order valence-electron chi connectivity index (χ0n) is 10.9. The van der Waals surface area contributed by atoms with E-state index in [2.05, 4.69) is 0 Å². The van der Waals surface area contributed by atoms with Crippen LogP contribution in [0, 0.1) is 12.7 Å². The molecule has 5 heteroatoms. The van der Waals surface area contributed by atoms with Crippen LogP contribution in [0.15, 0.2) is 18.2 Å². The zero-order valence-corrected chi connectivity index (χ0v) is 10.9. The van der Waals surface area contributed by atoms with Gasteiger partial charge in [-0.2, -0.15) is 0 Å². The van der Waals surface area contributed by atoms with Gasteiger partial charge in [-0.3, -0.25) is 4.79 Å². The molecule has 1 heterocycles. The number of aliphatic hydroxyl groups is 2. The van der Waals surface area contributed by atoms with Crippen LogP contribution in [0.5, 0.6) is 0 Å². The van der Waals surface area contributed by atoms with Gasteiger partial charge in [-0.25, -0.2) is 4.39 Å². The fourth-order valence-corrected chi connectivity index (χ4v) is 2.32. The van der Waals surface area contributed by atoms with Gasteiger partial charge in [0.15, 0.2) is 0 Å². The predicted octanol–water partition coefficient (Wildman–Crippen LogP) is 1.09. The SMILES string of the molecule is Cc1ccc(C(=O)N2CCC[C@](O)(CO)C2)cc1F. The van der Waals surface area contributed by atoms with Crippen LogP contribution in [0.4, 0.5) is 4.39 Å². The molecule has 1 saturated heterocycles. The van der Waals surface area contributed by atoms with Crippen molar-refractivity contribution in [3.05, 3.63) is 35.1 Å². The third-order valence-electron chi connectivity index (χ3n) is 3.56. The molecule has 0 bridgehead atoms. The van der Waals surface area contributed by atoms with Crippen molar-refractivity contribution >= 4 is 5.91 Å². The lowest BCUT2D eigenvalue weighted by atomic mass is 9.93. The number of aryl methyl sites for hydroxylation is 1. The Balaban J connectivity index is 2.17. The van der Waals surface area contributed by atoms with E-state index in [4.69, 9.17) is 5.11 Å². The Morgan fingerprint density at radius 2 is 2.26 bits per heavy atom. The molecule has 1 aromatic rings. The number of likely N-dealkylation sites (tertiary alicyclic amines) is 1. The van der Waals surface area contributed by atoms with Gasteiger partial charge in [0.25, 0.3) is 5.91 Å². The van der Waals surface area contributed by atoms with Crippen LogP contribution in [0.3, 0.4) is 0 Å². The lowest BCUT2D eigenvalue weighted by Crippen LogP contribution is -2.52. The summed E-state index contributed by atoms with van der Waals surface area (Å²) >= 11 is 0. The maximum atomic E-state index is 13.5. The Morgan fingerprint density at radius 1 is 1.53 bits per heavy atom. The minimum Gasteiger partial charge on any atom is -0.393 e. The normalized spacial score (nSPS) is 23.5. The molecule has 0 aliphatic carbocycles. The van der Waals surface area contributed by atoms with Crippen molar-refractivity contribution in [2.75, 3.05) is 19.7 Å². The minimum absolute atomic E-state index is 0.0812. The minimum atomic E-state index is -1.24. The van der Waals surface area contributed by atoms with Crippen LogP contribution in [0.25, 0.3) is 0 Å². The number of carbonyl (C=O) groups excluding carboxylic acids is 1. The maximum Gasteiger partial charge on any atom is 0.254 e. The summed E-state index contributed by atoms with van der Waals surface area (Å²) in [5, 5.41) is 19.2. The summed E-state index contributed by atoms with van der Waals surface area (Å²) in [6.07, 6.45) is 1.09. The number of aliphatic hydroxyl groups excluding tert-OH is 1. The molecule has 1 aromatic carbocycles. The molecule has 0 radical (unpaired) electrons. The number of benzene rings is 1. The van der Waals surface area contributed by atoms with E-state index in [1.54, 1.807) is 19.1 Å². The highest BCUT2D eigenvalue weighted by atomic mass is 19.1. The van der Waals surface area contributed by atoms with Gasteiger partial charge in [-0.1, -0.05) is 6.07 Å². The third-order valence-corrected chi connectivity index (χ3v) is 3.56. The number of hydrogen-bond acceptors (Lipinski definition) is 3. The van der Waals surface area contributed by atoms with Crippen molar-refractivity contribution in [1.82, 2.24) is 4.90 Å². The molecule has 1 aliphatic rings. The summed E-state index contributed by atoms with van der Waals surface area (Å²) < 4.78 is 13.5. The van der Waals surface area contributed by atoms with Crippen molar-refractivity contribution < 1.29 is 19.4 Å². The van der Waals surface area contributed by atoms with Crippen LogP contribution in [0.2, 0.25) is 0 Å². The second-order valence-electron chi connectivity index (χ2n) is 5.18. The van der Waals surface area contributed by atoms with E-state index >= 15 is 0 Å². The number of nitrogens with zero attached hydrogens (tertiary/aromatic N) is 1. The van der Waals surface area contributed by atoms with E-state index in [1.165, 1.54) is 11.0 Å². The summed E-state index contributed by atoms with van der Waals surface area (Å²) in [6.45, 7) is 1.85. The van der Waals surface area contributed by atoms with Gasteiger partial charge in [0.1, 0.15) is 11.4 Å². The Hall–Kier alpha value is -1.46. The molecule has 1 fully saturated rings. The van der Waals surface area contributed by atoms with Crippen LogP contribution in [0.1, 0.15) is 28.8 Å². The molecular weight excluding hydrogens is 249 g/mol. The first kappa shape index (κ1) is 14.0. The van der Waals surface area contributed by atoms with Crippen molar-refractivity contribution in [1.29, 1.82) is 0 Å². The van der Waals surface area contributed by atoms with Gasteiger partial charge in [-0.05, 0) is 37.5 Å². The molecule has 1 atom stereocenters. The van der Waals surface area contributed by atoms with Gasteiger partial charge in [-0.15, -0.1) is 0 Å². The monoisotopic (exact) mass is 267 g/mol. The van der Waals surface area contributed by atoms with E-state index in [9.17, 15) is 14.3 Å². The quantitative estimate of drug-likeness (QED) is 0.843. The molecule has 1 amide bonds. The maximum absolute atomic E-state index is 13.5. The molecular formula is C14H18FNO3. The number of piperidine rings is 1. The highest BCUT2D eigenvalue weighted by Crippen LogP contribution is 2.22. The summed E-state index contributed by atoms with van der Waals surface area (Å²) in [5.41, 5.74) is -0.482. The number of hydrogen-bond donors (Lipinski definition) is 2. The second-order valence-corrected chi connectivity index (χ2v) is 5.18. The number of amides is 1. The smallest absolute Gasteiger partial charge is 0.254 e. The van der Waals surface area contributed by atoms with Crippen LogP contribution in [-0.2, 0) is 0 Å². The molecule has 1 aliphatic heterocycles. The third kappa shape index (κ3) is 2.93. The van der Waals surface area contributed by atoms with Gasteiger partial charge in [0.05, 0.1) is 13.2 Å². The van der Waals surface area contributed by atoms with Crippen molar-refractivity contribution in [2.45, 2.75) is 25.4 Å². The zero-order chi connectivity index (χ0) is 14.0. The summed E-state index contributed by atoms with van der Waals surface area (Å²) in [5.74, 6) is -0.731. The van der Waals surface area contributed by atoms with Crippen molar-refractivity contribution in [3.63, 3.8) is 0 Å². The fourth-order valence-electron chi connectivity index (χ4n) is 2.32. The first-order valence-electron chi connectivity index (χ1n) is 6.34. The molecule has 0 saturated carbocycles. The highest BCUT2D eigenvalue weighted by Gasteiger charge is 2.34. The van der Waals surface area contributed by atoms with Crippen LogP contribution >= 0.6 is 0 Å². The van der Waals surface area contributed by atoms with E-state index in [0.29, 0.717) is 24.9 Å². The summed E-state index contributed by atoms with van der Waals surface area (Å²) in [7, 11) is 0. The van der Waals surface area contributed by atoms with Crippen molar-refractivity contribution in [3.8, 4) is 0 Å². The van der Waals surface area contributed by atoms with Gasteiger partial charge >= 0.3 is 0 Å². The Labute approximate surface area is 111 Å². The van der Waals surface area contributed by atoms with Crippen LogP contribution < -0.4 is 0 Å². The van der Waals surface area contributed by atoms with E-state index in [1.807, 2.05) is 0 Å². The van der Waals surface area contributed by atoms with Gasteiger partial charge in [0.2, 0.25) is 0 Å². The molecule has 0 unspecified atom stereocenters. The first-order chi connectivity index (χ1) is 8.95. The Kier molecular flexibility index (Phi) is 3.87. The predicted molar refractivity (Wildman–Crippen MR) is 68.3 cm³/mol. The largest absolute Gasteiger partial charge is 0.393 e. The standard InChI is InChI=1S/C14H18FNO3/c1-10-3-4-11(7-12(10)15)13(18)16-6-2-5-14(19,8-16)9-17/h3-4,7,17,19H,2,5-6,8-9H2,1H3/t14-/m1/s1. The van der Waals surface area contributed by atoms with E-state index in [-0.39, 0.29) is 24.6 Å². The molecule has 2 rings (SSSR count). The average molecular weight is 267 g/mol.